The van der Waals surface area contributed by atoms with E-state index in [0.29, 0.717) is 40.4 Å². The molecule has 2 aromatic carbocycles. The lowest BCUT2D eigenvalue weighted by Gasteiger charge is -2.35. The molecule has 0 saturated carbocycles. The third kappa shape index (κ3) is 6.18. The van der Waals surface area contributed by atoms with Crippen LogP contribution in [0.4, 0.5) is 4.39 Å². The molecule has 3 aromatic rings. The van der Waals surface area contributed by atoms with Crippen LogP contribution in [0.5, 0.6) is 0 Å². The van der Waals surface area contributed by atoms with Crippen molar-refractivity contribution in [1.29, 1.82) is 0 Å². The molecular formula is C28H33FN4O3S2. The number of nitrogens with one attached hydrogen (secondary N) is 1. The fourth-order valence-corrected chi connectivity index (χ4v) is 9.01. The average molecular weight is 557 g/mol. The van der Waals surface area contributed by atoms with E-state index >= 15 is 4.39 Å². The standard InChI is InChI=1S/C28H33FN4O3S2/c29-22-15-17(10-11-24(22)33-16-19-5-1-7-21(28(30)36)27(19)32-33)23-8-3-6-20(31-23)14-18(4-2-9-26(34)35)25-12-13-37-38-25/h1,5,7,10-11,15-16,18,20,23,25,31H,2-4,6,8-9,12-14H2,(H2,30,36)(H,34,35). The van der Waals surface area contributed by atoms with Crippen molar-refractivity contribution in [2.75, 3.05) is 5.75 Å². The second-order valence-electron chi connectivity index (χ2n) is 10.3. The highest BCUT2D eigenvalue weighted by molar-refractivity contribution is 8.77. The summed E-state index contributed by atoms with van der Waals surface area (Å²) in [5, 5.41) is 18.6. The Morgan fingerprint density at radius 3 is 2.84 bits per heavy atom. The number of nitrogens with two attached hydrogens (primary N) is 1. The molecule has 2 saturated heterocycles. The highest BCUT2D eigenvalue weighted by Gasteiger charge is 2.31. The molecule has 0 aliphatic carbocycles. The van der Waals surface area contributed by atoms with Crippen molar-refractivity contribution >= 4 is 44.4 Å². The second-order valence-corrected chi connectivity index (χ2v) is 13.0. The molecule has 38 heavy (non-hydrogen) atoms. The number of rotatable bonds is 10. The molecule has 202 valence electrons. The molecule has 0 spiro atoms. The normalized spacial score (nSPS) is 22.5. The Bertz CT molecular complexity index is 1310. The van der Waals surface area contributed by atoms with Gasteiger partial charge in [0.2, 0.25) is 0 Å². The van der Waals surface area contributed by atoms with Gasteiger partial charge in [0.05, 0.1) is 5.56 Å². The number of aliphatic carboxylic acids is 1. The number of carbonyl (C=O) groups excluding carboxylic acids is 1. The van der Waals surface area contributed by atoms with Crippen LogP contribution in [-0.4, -0.2) is 43.8 Å². The number of carbonyl (C=O) groups is 2. The number of piperidine rings is 1. The number of halogens is 1. The highest BCUT2D eigenvalue weighted by atomic mass is 33.1. The van der Waals surface area contributed by atoms with Gasteiger partial charge in [-0.05, 0) is 68.2 Å². The van der Waals surface area contributed by atoms with Crippen LogP contribution in [0.3, 0.4) is 0 Å². The van der Waals surface area contributed by atoms with E-state index in [4.69, 9.17) is 10.8 Å². The maximum Gasteiger partial charge on any atom is 0.303 e. The van der Waals surface area contributed by atoms with E-state index < -0.39 is 11.9 Å². The molecule has 3 heterocycles. The zero-order chi connectivity index (χ0) is 26.6. The molecule has 4 atom stereocenters. The number of hydrogen-bond acceptors (Lipinski definition) is 6. The van der Waals surface area contributed by atoms with Gasteiger partial charge in [-0.15, -0.1) is 0 Å². The number of amides is 1. The predicted molar refractivity (Wildman–Crippen MR) is 151 cm³/mol. The van der Waals surface area contributed by atoms with Gasteiger partial charge in [0.1, 0.15) is 17.0 Å². The smallest absolute Gasteiger partial charge is 0.303 e. The fourth-order valence-electron chi connectivity index (χ4n) is 5.76. The Morgan fingerprint density at radius 1 is 1.24 bits per heavy atom. The molecule has 1 amide bonds. The summed E-state index contributed by atoms with van der Waals surface area (Å²) in [6.45, 7) is 0. The Labute approximate surface area is 229 Å². The van der Waals surface area contributed by atoms with Crippen LogP contribution in [0.25, 0.3) is 16.6 Å². The number of carboxylic acids is 1. The average Bonchev–Trinajstić information content (AvgIpc) is 3.58. The molecule has 4 unspecified atom stereocenters. The van der Waals surface area contributed by atoms with Gasteiger partial charge in [-0.25, -0.2) is 9.07 Å². The first-order chi connectivity index (χ1) is 18.4. The van der Waals surface area contributed by atoms with E-state index in [2.05, 4.69) is 10.4 Å². The summed E-state index contributed by atoms with van der Waals surface area (Å²) in [6, 6.07) is 10.9. The zero-order valence-corrected chi connectivity index (χ0v) is 22.8. The van der Waals surface area contributed by atoms with Crippen LogP contribution in [-0.2, 0) is 4.79 Å². The van der Waals surface area contributed by atoms with Gasteiger partial charge in [0.15, 0.2) is 0 Å². The summed E-state index contributed by atoms with van der Waals surface area (Å²) >= 11 is 0. The summed E-state index contributed by atoms with van der Waals surface area (Å²) in [4.78, 5) is 22.8. The molecule has 2 fully saturated rings. The number of fused-ring (bicyclic) bond motifs is 1. The fraction of sp³-hybridized carbons (Fsp3) is 0.464. The monoisotopic (exact) mass is 556 g/mol. The lowest BCUT2D eigenvalue weighted by Crippen LogP contribution is -2.39. The van der Waals surface area contributed by atoms with E-state index in [1.54, 1.807) is 30.5 Å². The van der Waals surface area contributed by atoms with Gasteiger partial charge < -0.3 is 16.2 Å². The Balaban J connectivity index is 1.29. The van der Waals surface area contributed by atoms with Gasteiger partial charge in [-0.1, -0.05) is 46.2 Å². The lowest BCUT2D eigenvalue weighted by molar-refractivity contribution is -0.137. The van der Waals surface area contributed by atoms with Gasteiger partial charge in [0, 0.05) is 41.1 Å². The first kappa shape index (κ1) is 27.0. The van der Waals surface area contributed by atoms with Gasteiger partial charge >= 0.3 is 5.97 Å². The topological polar surface area (TPSA) is 110 Å². The van der Waals surface area contributed by atoms with Crippen LogP contribution < -0.4 is 11.1 Å². The van der Waals surface area contributed by atoms with Crippen LogP contribution in [0.2, 0.25) is 0 Å². The van der Waals surface area contributed by atoms with E-state index in [1.165, 1.54) is 11.1 Å². The maximum absolute atomic E-state index is 15.4. The van der Waals surface area contributed by atoms with Crippen LogP contribution in [0, 0.1) is 11.7 Å². The summed E-state index contributed by atoms with van der Waals surface area (Å²) < 4.78 is 16.8. The molecule has 2 aliphatic rings. The Morgan fingerprint density at radius 2 is 2.11 bits per heavy atom. The van der Waals surface area contributed by atoms with E-state index in [9.17, 15) is 9.59 Å². The van der Waals surface area contributed by atoms with Crippen LogP contribution >= 0.6 is 21.6 Å². The van der Waals surface area contributed by atoms with Crippen molar-refractivity contribution in [2.24, 2.45) is 11.7 Å². The molecule has 1 aromatic heterocycles. The lowest BCUT2D eigenvalue weighted by atomic mass is 9.85. The quantitative estimate of drug-likeness (QED) is 0.268. The van der Waals surface area contributed by atoms with Crippen molar-refractivity contribution < 1.29 is 19.1 Å². The number of primary amides is 1. The maximum atomic E-state index is 15.4. The molecule has 0 bridgehead atoms. The van der Waals surface area contributed by atoms with Crippen molar-refractivity contribution in [3.63, 3.8) is 0 Å². The second kappa shape index (κ2) is 12.1. The van der Waals surface area contributed by atoms with Gasteiger partial charge in [-0.3, -0.25) is 9.59 Å². The largest absolute Gasteiger partial charge is 0.481 e. The molecule has 5 rings (SSSR count). The molecular weight excluding hydrogens is 523 g/mol. The summed E-state index contributed by atoms with van der Waals surface area (Å²) in [5.74, 6) is -0.0129. The summed E-state index contributed by atoms with van der Waals surface area (Å²) in [5.41, 5.74) is 7.48. The first-order valence-corrected chi connectivity index (χ1v) is 15.6. The summed E-state index contributed by atoms with van der Waals surface area (Å²) in [6.07, 6.45) is 8.89. The molecule has 0 radical (unpaired) electrons. The third-order valence-corrected chi connectivity index (χ3v) is 10.7. The number of aromatic nitrogens is 2. The van der Waals surface area contributed by atoms with Crippen LogP contribution in [0.1, 0.15) is 73.3 Å². The van der Waals surface area contributed by atoms with Crippen molar-refractivity contribution in [1.82, 2.24) is 15.1 Å². The van der Waals surface area contributed by atoms with Crippen LogP contribution in [0.15, 0.2) is 42.6 Å². The minimum absolute atomic E-state index is 0.0701. The Hall–Kier alpha value is -2.56. The minimum Gasteiger partial charge on any atom is -0.481 e. The third-order valence-electron chi connectivity index (χ3n) is 7.66. The van der Waals surface area contributed by atoms with E-state index in [-0.39, 0.29) is 18.3 Å². The first-order valence-electron chi connectivity index (χ1n) is 13.2. The Kier molecular flexibility index (Phi) is 8.60. The zero-order valence-electron chi connectivity index (χ0n) is 21.1. The minimum atomic E-state index is -0.727. The molecule has 4 N–H and O–H groups in total. The molecule has 2 aliphatic heterocycles. The molecule has 10 heteroatoms. The van der Waals surface area contributed by atoms with Gasteiger partial charge in [-0.2, -0.15) is 5.10 Å². The van der Waals surface area contributed by atoms with E-state index in [0.717, 1.165) is 48.8 Å². The van der Waals surface area contributed by atoms with Crippen molar-refractivity contribution in [3.8, 4) is 5.69 Å². The van der Waals surface area contributed by atoms with Crippen molar-refractivity contribution in [3.05, 3.63) is 59.5 Å². The van der Waals surface area contributed by atoms with Gasteiger partial charge in [0.25, 0.3) is 5.91 Å². The number of nitrogens with zero attached hydrogens (tertiary/aromatic N) is 2. The summed E-state index contributed by atoms with van der Waals surface area (Å²) in [7, 11) is 3.88. The van der Waals surface area contributed by atoms with Crippen molar-refractivity contribution in [2.45, 2.75) is 68.7 Å². The highest BCUT2D eigenvalue weighted by Crippen LogP contribution is 2.44. The number of carboxylic acid groups (broad SMARTS) is 1. The predicted octanol–water partition coefficient (Wildman–Crippen LogP) is 5.86. The number of hydrogen-bond donors (Lipinski definition) is 3. The molecule has 7 nitrogen and oxygen atoms in total. The van der Waals surface area contributed by atoms with E-state index in [1.807, 2.05) is 33.7 Å². The SMILES string of the molecule is NC(=O)c1cccc2cn(-c3ccc(C4CCCC(CC(CCCC(=O)O)C5CCSS5)N4)cc3F)nc12. The number of benzene rings is 2.